The van der Waals surface area contributed by atoms with Crippen LogP contribution in [0.5, 0.6) is 11.5 Å². The smallest absolute Gasteiger partial charge is 0.165 e. The summed E-state index contributed by atoms with van der Waals surface area (Å²) in [6.45, 7) is 6.81. The third-order valence-corrected chi connectivity index (χ3v) is 4.52. The normalized spacial score (nSPS) is 20.6. The molecule has 0 bridgehead atoms. The maximum Gasteiger partial charge on any atom is 0.165 e. The van der Waals surface area contributed by atoms with Crippen LogP contribution in [0.1, 0.15) is 51.1 Å². The first kappa shape index (κ1) is 17.1. The molecule has 4 nitrogen and oxygen atoms in total. The SMILES string of the molecule is CCCOc1c(OC)cccc1C(CN)N1CCCCC1C. The van der Waals surface area contributed by atoms with Crippen molar-refractivity contribution in [3.8, 4) is 11.5 Å². The topological polar surface area (TPSA) is 47.7 Å². The van der Waals surface area contributed by atoms with E-state index in [9.17, 15) is 0 Å². The van der Waals surface area contributed by atoms with Crippen LogP contribution in [0.2, 0.25) is 0 Å². The Morgan fingerprint density at radius 2 is 2.18 bits per heavy atom. The average Bonchev–Trinajstić information content (AvgIpc) is 2.55. The van der Waals surface area contributed by atoms with Crippen molar-refractivity contribution in [2.75, 3.05) is 26.8 Å². The van der Waals surface area contributed by atoms with E-state index in [1.54, 1.807) is 7.11 Å². The highest BCUT2D eigenvalue weighted by atomic mass is 16.5. The Morgan fingerprint density at radius 1 is 1.36 bits per heavy atom. The van der Waals surface area contributed by atoms with Crippen LogP contribution in [0.25, 0.3) is 0 Å². The first-order valence-electron chi connectivity index (χ1n) is 8.48. The summed E-state index contributed by atoms with van der Waals surface area (Å²) in [5.74, 6) is 1.66. The minimum atomic E-state index is 0.192. The lowest BCUT2D eigenvalue weighted by molar-refractivity contribution is 0.106. The third kappa shape index (κ3) is 3.73. The molecular formula is C18H30N2O2. The minimum absolute atomic E-state index is 0.192. The highest BCUT2D eigenvalue weighted by Gasteiger charge is 2.29. The molecule has 2 N–H and O–H groups in total. The molecule has 0 radical (unpaired) electrons. The number of rotatable bonds is 7. The number of nitrogens with two attached hydrogens (primary N) is 1. The highest BCUT2D eigenvalue weighted by molar-refractivity contribution is 5.48. The van der Waals surface area contributed by atoms with Gasteiger partial charge in [-0.3, -0.25) is 4.90 Å². The zero-order valence-electron chi connectivity index (χ0n) is 14.2. The monoisotopic (exact) mass is 306 g/mol. The summed E-state index contributed by atoms with van der Waals surface area (Å²) < 4.78 is 11.5. The summed E-state index contributed by atoms with van der Waals surface area (Å²) in [7, 11) is 1.69. The first-order chi connectivity index (χ1) is 10.7. The summed E-state index contributed by atoms with van der Waals surface area (Å²) in [5, 5.41) is 0. The third-order valence-electron chi connectivity index (χ3n) is 4.52. The van der Waals surface area contributed by atoms with E-state index in [0.717, 1.165) is 30.0 Å². The maximum atomic E-state index is 6.15. The Kier molecular flexibility index (Phi) is 6.52. The predicted molar refractivity (Wildman–Crippen MR) is 90.6 cm³/mol. The van der Waals surface area contributed by atoms with Gasteiger partial charge in [0.25, 0.3) is 0 Å². The van der Waals surface area contributed by atoms with Crippen LogP contribution in [-0.2, 0) is 0 Å². The number of ether oxygens (including phenoxy) is 2. The van der Waals surface area contributed by atoms with Crippen LogP contribution >= 0.6 is 0 Å². The molecule has 22 heavy (non-hydrogen) atoms. The standard InChI is InChI=1S/C18H30N2O2/c1-4-12-22-18-15(9-7-10-17(18)21-3)16(13-19)20-11-6-5-8-14(20)2/h7,9-10,14,16H,4-6,8,11-13,19H2,1-3H3. The number of hydrogen-bond donors (Lipinski definition) is 1. The molecule has 1 heterocycles. The Morgan fingerprint density at radius 3 is 2.82 bits per heavy atom. The summed E-state index contributed by atoms with van der Waals surface area (Å²) in [4.78, 5) is 2.52. The Balaban J connectivity index is 2.34. The van der Waals surface area contributed by atoms with E-state index in [0.29, 0.717) is 19.2 Å². The second kappa shape index (κ2) is 8.39. The molecule has 1 aromatic carbocycles. The van der Waals surface area contributed by atoms with E-state index in [1.165, 1.54) is 19.3 Å². The maximum absolute atomic E-state index is 6.15. The molecule has 0 aromatic heterocycles. The number of piperidine rings is 1. The Labute approximate surface area is 134 Å². The van der Waals surface area contributed by atoms with Crippen molar-refractivity contribution >= 4 is 0 Å². The van der Waals surface area contributed by atoms with Gasteiger partial charge >= 0.3 is 0 Å². The Hall–Kier alpha value is -1.26. The summed E-state index contributed by atoms with van der Waals surface area (Å²) >= 11 is 0. The lowest BCUT2D eigenvalue weighted by atomic mass is 9.96. The molecule has 4 heteroatoms. The van der Waals surface area contributed by atoms with Gasteiger partial charge in [0.05, 0.1) is 19.8 Å². The zero-order valence-corrected chi connectivity index (χ0v) is 14.2. The van der Waals surface area contributed by atoms with Crippen LogP contribution in [0.3, 0.4) is 0 Å². The molecule has 1 aliphatic rings. The van der Waals surface area contributed by atoms with Crippen LogP contribution < -0.4 is 15.2 Å². The van der Waals surface area contributed by atoms with E-state index in [4.69, 9.17) is 15.2 Å². The van der Waals surface area contributed by atoms with E-state index >= 15 is 0 Å². The fraction of sp³-hybridized carbons (Fsp3) is 0.667. The lowest BCUT2D eigenvalue weighted by Gasteiger charge is -2.40. The van der Waals surface area contributed by atoms with Crippen molar-refractivity contribution in [2.24, 2.45) is 5.73 Å². The number of benzene rings is 1. The number of nitrogens with zero attached hydrogens (tertiary/aromatic N) is 1. The van der Waals surface area contributed by atoms with Gasteiger partial charge in [-0.25, -0.2) is 0 Å². The molecule has 2 atom stereocenters. The lowest BCUT2D eigenvalue weighted by Crippen LogP contribution is -2.43. The molecule has 1 fully saturated rings. The van der Waals surface area contributed by atoms with E-state index in [1.807, 2.05) is 12.1 Å². The molecule has 2 rings (SSSR count). The van der Waals surface area contributed by atoms with Gasteiger partial charge in [0, 0.05) is 18.2 Å². The van der Waals surface area contributed by atoms with Crippen molar-refractivity contribution < 1.29 is 9.47 Å². The minimum Gasteiger partial charge on any atom is -0.493 e. The largest absolute Gasteiger partial charge is 0.493 e. The molecule has 1 saturated heterocycles. The molecule has 0 saturated carbocycles. The average molecular weight is 306 g/mol. The quantitative estimate of drug-likeness (QED) is 0.839. The fourth-order valence-electron chi connectivity index (χ4n) is 3.34. The molecule has 0 aliphatic carbocycles. The van der Waals surface area contributed by atoms with Crippen molar-refractivity contribution in [3.05, 3.63) is 23.8 Å². The van der Waals surface area contributed by atoms with Gasteiger partial charge in [-0.1, -0.05) is 25.5 Å². The van der Waals surface area contributed by atoms with Crippen LogP contribution in [0.15, 0.2) is 18.2 Å². The molecule has 0 amide bonds. The zero-order chi connectivity index (χ0) is 15.9. The molecule has 2 unspecified atom stereocenters. The van der Waals surface area contributed by atoms with Gasteiger partial charge in [-0.15, -0.1) is 0 Å². The molecule has 124 valence electrons. The van der Waals surface area contributed by atoms with Gasteiger partial charge in [0.2, 0.25) is 0 Å². The van der Waals surface area contributed by atoms with Gasteiger partial charge in [0.1, 0.15) is 0 Å². The second-order valence-corrected chi connectivity index (χ2v) is 6.06. The number of likely N-dealkylation sites (tertiary alicyclic amines) is 1. The molecular weight excluding hydrogens is 276 g/mol. The van der Waals surface area contributed by atoms with E-state index < -0.39 is 0 Å². The van der Waals surface area contributed by atoms with Crippen LogP contribution in [0, 0.1) is 0 Å². The number of para-hydroxylation sites is 1. The second-order valence-electron chi connectivity index (χ2n) is 6.06. The van der Waals surface area contributed by atoms with Crippen molar-refractivity contribution in [1.29, 1.82) is 0 Å². The number of methoxy groups -OCH3 is 1. The van der Waals surface area contributed by atoms with Crippen LogP contribution in [-0.4, -0.2) is 37.7 Å². The predicted octanol–water partition coefficient (Wildman–Crippen LogP) is 3.36. The van der Waals surface area contributed by atoms with E-state index in [2.05, 4.69) is 24.8 Å². The summed E-state index contributed by atoms with van der Waals surface area (Å²) in [6.07, 6.45) is 4.78. The van der Waals surface area contributed by atoms with E-state index in [-0.39, 0.29) is 6.04 Å². The van der Waals surface area contributed by atoms with Crippen molar-refractivity contribution in [2.45, 2.75) is 51.6 Å². The highest BCUT2D eigenvalue weighted by Crippen LogP contribution is 2.38. The first-order valence-corrected chi connectivity index (χ1v) is 8.48. The van der Waals surface area contributed by atoms with Gasteiger partial charge in [-0.05, 0) is 38.8 Å². The summed E-state index contributed by atoms with van der Waals surface area (Å²) in [5.41, 5.74) is 7.31. The fourth-order valence-corrected chi connectivity index (χ4v) is 3.34. The molecule has 1 aromatic rings. The van der Waals surface area contributed by atoms with Gasteiger partial charge in [-0.2, -0.15) is 0 Å². The number of hydrogen-bond acceptors (Lipinski definition) is 4. The Bertz CT molecular complexity index is 464. The van der Waals surface area contributed by atoms with Crippen molar-refractivity contribution in [1.82, 2.24) is 4.90 Å². The van der Waals surface area contributed by atoms with Crippen molar-refractivity contribution in [3.63, 3.8) is 0 Å². The summed E-state index contributed by atoms with van der Waals surface area (Å²) in [6, 6.07) is 6.88. The molecule has 0 spiro atoms. The van der Waals surface area contributed by atoms with Gasteiger partial charge in [0.15, 0.2) is 11.5 Å². The van der Waals surface area contributed by atoms with Gasteiger partial charge < -0.3 is 15.2 Å². The van der Waals surface area contributed by atoms with Crippen LogP contribution in [0.4, 0.5) is 0 Å². The molecule has 1 aliphatic heterocycles.